The van der Waals surface area contributed by atoms with Crippen molar-refractivity contribution in [3.63, 3.8) is 0 Å². The van der Waals surface area contributed by atoms with Crippen LogP contribution in [-0.2, 0) is 10.0 Å². The lowest BCUT2D eigenvalue weighted by molar-refractivity contribution is 0.102. The molecule has 0 aliphatic carbocycles. The van der Waals surface area contributed by atoms with Crippen LogP contribution in [0.25, 0.3) is 15.3 Å². The first-order valence-corrected chi connectivity index (χ1v) is 11.3. The van der Waals surface area contributed by atoms with E-state index in [-0.39, 0.29) is 10.8 Å². The predicted molar refractivity (Wildman–Crippen MR) is 117 cm³/mol. The molecule has 2 heterocycles. The minimum absolute atomic E-state index is 0.124. The summed E-state index contributed by atoms with van der Waals surface area (Å²) in [5.74, 6) is 0.118. The van der Waals surface area contributed by atoms with E-state index in [0.717, 1.165) is 20.2 Å². The Morgan fingerprint density at radius 2 is 1.80 bits per heavy atom. The van der Waals surface area contributed by atoms with Gasteiger partial charge in [0, 0.05) is 25.7 Å². The van der Waals surface area contributed by atoms with Crippen molar-refractivity contribution < 1.29 is 13.2 Å². The van der Waals surface area contributed by atoms with Crippen LogP contribution in [0.5, 0.6) is 0 Å². The van der Waals surface area contributed by atoms with Crippen molar-refractivity contribution in [2.45, 2.75) is 11.8 Å². The molecular formula is C20H19N5O3S2. The number of benzene rings is 2. The van der Waals surface area contributed by atoms with E-state index >= 15 is 0 Å². The zero-order valence-corrected chi connectivity index (χ0v) is 18.2. The summed E-state index contributed by atoms with van der Waals surface area (Å²) < 4.78 is 28.1. The summed E-state index contributed by atoms with van der Waals surface area (Å²) in [6, 6.07) is 15.3. The maximum absolute atomic E-state index is 12.7. The van der Waals surface area contributed by atoms with E-state index in [9.17, 15) is 13.2 Å². The van der Waals surface area contributed by atoms with Crippen LogP contribution < -0.4 is 5.32 Å². The minimum atomic E-state index is -3.55. The van der Waals surface area contributed by atoms with Crippen LogP contribution in [0.15, 0.2) is 59.5 Å². The van der Waals surface area contributed by atoms with Crippen LogP contribution in [0.3, 0.4) is 0 Å². The van der Waals surface area contributed by atoms with Crippen LogP contribution in [0.2, 0.25) is 0 Å². The molecule has 0 aliphatic heterocycles. The average Bonchev–Trinajstić information content (AvgIpc) is 3.30. The van der Waals surface area contributed by atoms with Crippen LogP contribution in [-0.4, -0.2) is 47.5 Å². The molecule has 2 aromatic carbocycles. The molecule has 0 fully saturated rings. The van der Waals surface area contributed by atoms with E-state index in [1.807, 2.05) is 31.2 Å². The number of nitrogens with zero attached hydrogens (tertiary/aromatic N) is 4. The van der Waals surface area contributed by atoms with Gasteiger partial charge in [-0.1, -0.05) is 23.5 Å². The summed E-state index contributed by atoms with van der Waals surface area (Å²) in [5, 5.41) is 7.94. The summed E-state index contributed by atoms with van der Waals surface area (Å²) in [6.45, 7) is 1.83. The van der Waals surface area contributed by atoms with E-state index in [1.54, 1.807) is 10.7 Å². The fourth-order valence-electron chi connectivity index (χ4n) is 2.86. The summed E-state index contributed by atoms with van der Waals surface area (Å²) >= 11 is 1.47. The van der Waals surface area contributed by atoms with E-state index in [4.69, 9.17) is 0 Å². The number of hydrogen-bond acceptors (Lipinski definition) is 6. The van der Waals surface area contributed by atoms with Crippen molar-refractivity contribution in [1.29, 1.82) is 0 Å². The normalized spacial score (nSPS) is 11.9. The Labute approximate surface area is 177 Å². The highest BCUT2D eigenvalue weighted by molar-refractivity contribution is 7.89. The fraction of sp³-hybridized carbons (Fsp3) is 0.150. The molecule has 0 radical (unpaired) electrons. The first-order valence-electron chi connectivity index (χ1n) is 9.02. The van der Waals surface area contributed by atoms with Crippen LogP contribution in [0, 0.1) is 6.92 Å². The Morgan fingerprint density at radius 1 is 1.10 bits per heavy atom. The number of hydrogen-bond donors (Lipinski definition) is 1. The molecule has 0 saturated heterocycles. The zero-order valence-electron chi connectivity index (χ0n) is 16.5. The molecule has 4 aromatic rings. The third kappa shape index (κ3) is 3.72. The van der Waals surface area contributed by atoms with Crippen molar-refractivity contribution in [3.05, 3.63) is 65.9 Å². The molecule has 0 bridgehead atoms. The maximum atomic E-state index is 12.7. The quantitative estimate of drug-likeness (QED) is 0.513. The number of fused-ring (bicyclic) bond motifs is 1. The largest absolute Gasteiger partial charge is 0.306 e. The van der Waals surface area contributed by atoms with Crippen molar-refractivity contribution in [3.8, 4) is 5.13 Å². The molecule has 1 amide bonds. The highest BCUT2D eigenvalue weighted by Crippen LogP contribution is 2.27. The SMILES string of the molecule is Cc1cc(NC(=O)c2ccc(S(=O)(=O)N(C)C)cc2)n(-c2nc3ccccc3s2)n1. The topological polar surface area (TPSA) is 97.2 Å². The Kier molecular flexibility index (Phi) is 5.14. The lowest BCUT2D eigenvalue weighted by Gasteiger charge is -2.11. The van der Waals surface area contributed by atoms with Crippen molar-refractivity contribution >= 4 is 43.3 Å². The second-order valence-electron chi connectivity index (χ2n) is 6.81. The van der Waals surface area contributed by atoms with Gasteiger partial charge in [-0.2, -0.15) is 9.78 Å². The van der Waals surface area contributed by atoms with Gasteiger partial charge in [0.05, 0.1) is 20.8 Å². The monoisotopic (exact) mass is 441 g/mol. The molecule has 30 heavy (non-hydrogen) atoms. The van der Waals surface area contributed by atoms with Gasteiger partial charge < -0.3 is 5.32 Å². The van der Waals surface area contributed by atoms with Crippen molar-refractivity contribution in [1.82, 2.24) is 19.1 Å². The number of carbonyl (C=O) groups excluding carboxylic acids is 1. The molecule has 0 saturated carbocycles. The lowest BCUT2D eigenvalue weighted by atomic mass is 10.2. The Hall–Kier alpha value is -3.08. The molecule has 154 valence electrons. The van der Waals surface area contributed by atoms with E-state index < -0.39 is 10.0 Å². The molecule has 0 spiro atoms. The van der Waals surface area contributed by atoms with Crippen LogP contribution >= 0.6 is 11.3 Å². The number of para-hydroxylation sites is 1. The van der Waals surface area contributed by atoms with Gasteiger partial charge in [-0.05, 0) is 43.3 Å². The number of carbonyl (C=O) groups is 1. The number of nitrogens with one attached hydrogen (secondary N) is 1. The van der Waals surface area contributed by atoms with Gasteiger partial charge in [-0.15, -0.1) is 0 Å². The second-order valence-corrected chi connectivity index (χ2v) is 9.97. The number of anilines is 1. The third-order valence-electron chi connectivity index (χ3n) is 4.43. The van der Waals surface area contributed by atoms with Crippen LogP contribution in [0.1, 0.15) is 16.1 Å². The minimum Gasteiger partial charge on any atom is -0.306 e. The van der Waals surface area contributed by atoms with Crippen LogP contribution in [0.4, 0.5) is 5.82 Å². The summed E-state index contributed by atoms with van der Waals surface area (Å²) in [4.78, 5) is 17.5. The summed E-state index contributed by atoms with van der Waals surface area (Å²) in [7, 11) is -0.630. The maximum Gasteiger partial charge on any atom is 0.256 e. The van der Waals surface area contributed by atoms with E-state index in [0.29, 0.717) is 16.5 Å². The van der Waals surface area contributed by atoms with Gasteiger partial charge in [0.2, 0.25) is 15.2 Å². The smallest absolute Gasteiger partial charge is 0.256 e. The number of aryl methyl sites for hydroxylation is 1. The summed E-state index contributed by atoms with van der Waals surface area (Å²) in [5.41, 5.74) is 1.93. The molecule has 1 N–H and O–H groups in total. The fourth-order valence-corrected chi connectivity index (χ4v) is 4.70. The zero-order chi connectivity index (χ0) is 21.5. The van der Waals surface area contributed by atoms with Crippen molar-refractivity contribution in [2.75, 3.05) is 19.4 Å². The first-order chi connectivity index (χ1) is 14.3. The van der Waals surface area contributed by atoms with Gasteiger partial charge in [0.15, 0.2) is 0 Å². The van der Waals surface area contributed by atoms with Crippen molar-refractivity contribution in [2.24, 2.45) is 0 Å². The highest BCUT2D eigenvalue weighted by atomic mass is 32.2. The molecule has 0 aliphatic rings. The number of aromatic nitrogens is 3. The Morgan fingerprint density at radius 3 is 2.47 bits per heavy atom. The Bertz CT molecular complexity index is 1310. The van der Waals surface area contributed by atoms with Gasteiger partial charge in [0.1, 0.15) is 5.82 Å². The predicted octanol–water partition coefficient (Wildman–Crippen LogP) is 3.29. The second kappa shape index (κ2) is 7.63. The molecule has 0 atom stereocenters. The average molecular weight is 442 g/mol. The molecule has 4 rings (SSSR count). The molecular weight excluding hydrogens is 422 g/mol. The van der Waals surface area contributed by atoms with Gasteiger partial charge in [0.25, 0.3) is 5.91 Å². The molecule has 2 aromatic heterocycles. The first kappa shape index (κ1) is 20.2. The molecule has 10 heteroatoms. The number of rotatable bonds is 5. The van der Waals surface area contributed by atoms with Gasteiger partial charge >= 0.3 is 0 Å². The Balaban J connectivity index is 1.61. The number of amides is 1. The van der Waals surface area contributed by atoms with E-state index in [1.165, 1.54) is 49.7 Å². The van der Waals surface area contributed by atoms with Gasteiger partial charge in [-0.3, -0.25) is 4.79 Å². The number of thiazole rings is 1. The lowest BCUT2D eigenvalue weighted by Crippen LogP contribution is -2.22. The van der Waals surface area contributed by atoms with E-state index in [2.05, 4.69) is 15.4 Å². The molecule has 0 unspecified atom stereocenters. The standard InChI is InChI=1S/C20H19N5O3S2/c1-13-12-18(25(23-13)20-21-16-6-4-5-7-17(16)29-20)22-19(26)14-8-10-15(11-9-14)30(27,28)24(2)3/h4-12H,1-3H3,(H,22,26). The third-order valence-corrected chi connectivity index (χ3v) is 7.27. The molecule has 8 nitrogen and oxygen atoms in total. The van der Waals surface area contributed by atoms with Gasteiger partial charge in [-0.25, -0.2) is 17.7 Å². The highest BCUT2D eigenvalue weighted by Gasteiger charge is 2.19. The summed E-state index contributed by atoms with van der Waals surface area (Å²) in [6.07, 6.45) is 0. The number of sulfonamides is 1.